The highest BCUT2D eigenvalue weighted by Gasteiger charge is 2.16. The molecule has 1 saturated heterocycles. The van der Waals surface area contributed by atoms with Crippen molar-refractivity contribution < 1.29 is 9.84 Å². The van der Waals surface area contributed by atoms with Crippen molar-refractivity contribution in [1.29, 1.82) is 0 Å². The molecule has 3 nitrogen and oxygen atoms in total. The Balaban J connectivity index is 1.69. The number of hydrogen-bond acceptors (Lipinski definition) is 3. The standard InChI is InChI=1S/C13H19NO2/c15-13(8-11-4-2-1-3-5-11)9-14-12-6-7-16-10-12/h1-5,12-15H,6-10H2. The highest BCUT2D eigenvalue weighted by atomic mass is 16.5. The Morgan fingerprint density at radius 3 is 2.88 bits per heavy atom. The third kappa shape index (κ3) is 3.59. The molecule has 0 amide bonds. The van der Waals surface area contributed by atoms with Gasteiger partial charge in [-0.1, -0.05) is 30.3 Å². The topological polar surface area (TPSA) is 41.5 Å². The zero-order valence-corrected chi connectivity index (χ0v) is 9.43. The van der Waals surface area contributed by atoms with Crippen LogP contribution >= 0.6 is 0 Å². The molecule has 0 aliphatic carbocycles. The number of ether oxygens (including phenoxy) is 1. The van der Waals surface area contributed by atoms with E-state index in [2.05, 4.69) is 5.32 Å². The molecule has 1 aliphatic rings. The zero-order chi connectivity index (χ0) is 11.2. The van der Waals surface area contributed by atoms with Crippen LogP contribution in [0.1, 0.15) is 12.0 Å². The molecule has 0 spiro atoms. The maximum absolute atomic E-state index is 9.86. The van der Waals surface area contributed by atoms with Crippen molar-refractivity contribution in [2.24, 2.45) is 0 Å². The van der Waals surface area contributed by atoms with E-state index in [9.17, 15) is 5.11 Å². The third-order valence-corrected chi connectivity index (χ3v) is 2.89. The van der Waals surface area contributed by atoms with Gasteiger partial charge >= 0.3 is 0 Å². The first kappa shape index (κ1) is 11.6. The molecule has 1 heterocycles. The van der Waals surface area contributed by atoms with Crippen LogP contribution in [-0.2, 0) is 11.2 Å². The second-order valence-electron chi connectivity index (χ2n) is 4.31. The lowest BCUT2D eigenvalue weighted by Gasteiger charge is -2.15. The van der Waals surface area contributed by atoms with Crippen LogP contribution in [0.15, 0.2) is 30.3 Å². The molecule has 16 heavy (non-hydrogen) atoms. The predicted molar refractivity (Wildman–Crippen MR) is 63.4 cm³/mol. The lowest BCUT2D eigenvalue weighted by molar-refractivity contribution is 0.159. The van der Waals surface area contributed by atoms with Crippen LogP contribution in [0.2, 0.25) is 0 Å². The van der Waals surface area contributed by atoms with Gasteiger partial charge in [-0.2, -0.15) is 0 Å². The van der Waals surface area contributed by atoms with Gasteiger partial charge < -0.3 is 15.2 Å². The lowest BCUT2D eigenvalue weighted by atomic mass is 10.1. The SMILES string of the molecule is OC(CNC1CCOC1)Cc1ccccc1. The minimum atomic E-state index is -0.317. The van der Waals surface area contributed by atoms with E-state index in [0.29, 0.717) is 19.0 Å². The molecule has 3 heteroatoms. The molecule has 2 atom stereocenters. The molecule has 0 bridgehead atoms. The highest BCUT2D eigenvalue weighted by molar-refractivity contribution is 5.15. The summed E-state index contributed by atoms with van der Waals surface area (Å²) in [4.78, 5) is 0. The molecular weight excluding hydrogens is 202 g/mol. The molecule has 0 aromatic heterocycles. The van der Waals surface area contributed by atoms with Gasteiger partial charge in [0.05, 0.1) is 12.7 Å². The van der Waals surface area contributed by atoms with Gasteiger partial charge in [0.15, 0.2) is 0 Å². The molecule has 2 unspecified atom stereocenters. The smallest absolute Gasteiger partial charge is 0.0704 e. The zero-order valence-electron chi connectivity index (χ0n) is 9.43. The van der Waals surface area contributed by atoms with Gasteiger partial charge in [-0.3, -0.25) is 0 Å². The number of rotatable bonds is 5. The second-order valence-corrected chi connectivity index (χ2v) is 4.31. The van der Waals surface area contributed by atoms with Crippen LogP contribution in [0.3, 0.4) is 0 Å². The molecule has 0 saturated carbocycles. The second kappa shape index (κ2) is 5.99. The summed E-state index contributed by atoms with van der Waals surface area (Å²) in [5, 5.41) is 13.2. The summed E-state index contributed by atoms with van der Waals surface area (Å²) in [6, 6.07) is 10.5. The predicted octanol–water partition coefficient (Wildman–Crippen LogP) is 0.968. The monoisotopic (exact) mass is 221 g/mol. The molecule has 1 aromatic rings. The van der Waals surface area contributed by atoms with E-state index >= 15 is 0 Å². The fourth-order valence-corrected chi connectivity index (χ4v) is 1.96. The van der Waals surface area contributed by atoms with Crippen molar-refractivity contribution in [3.63, 3.8) is 0 Å². The fraction of sp³-hybridized carbons (Fsp3) is 0.538. The van der Waals surface area contributed by atoms with Crippen LogP contribution in [0.25, 0.3) is 0 Å². The van der Waals surface area contributed by atoms with Crippen LogP contribution in [0, 0.1) is 0 Å². The molecule has 1 aliphatic heterocycles. The third-order valence-electron chi connectivity index (χ3n) is 2.89. The Morgan fingerprint density at radius 2 is 2.19 bits per heavy atom. The number of benzene rings is 1. The van der Waals surface area contributed by atoms with Crippen molar-refractivity contribution in [2.45, 2.75) is 25.0 Å². The van der Waals surface area contributed by atoms with Crippen LogP contribution in [0.4, 0.5) is 0 Å². The number of nitrogens with one attached hydrogen (secondary N) is 1. The summed E-state index contributed by atoms with van der Waals surface area (Å²) in [6.45, 7) is 2.26. The lowest BCUT2D eigenvalue weighted by Crippen LogP contribution is -2.36. The van der Waals surface area contributed by atoms with E-state index in [1.54, 1.807) is 0 Å². The first-order valence-electron chi connectivity index (χ1n) is 5.88. The summed E-state index contributed by atoms with van der Waals surface area (Å²) in [5.74, 6) is 0. The summed E-state index contributed by atoms with van der Waals surface area (Å²) < 4.78 is 5.26. The van der Waals surface area contributed by atoms with Crippen molar-refractivity contribution in [3.8, 4) is 0 Å². The molecule has 88 valence electrons. The van der Waals surface area contributed by atoms with Crippen LogP contribution < -0.4 is 5.32 Å². The van der Waals surface area contributed by atoms with Gasteiger partial charge in [0.25, 0.3) is 0 Å². The normalized spacial score (nSPS) is 22.2. The summed E-state index contributed by atoms with van der Waals surface area (Å²) in [5.41, 5.74) is 1.18. The van der Waals surface area contributed by atoms with E-state index in [1.807, 2.05) is 30.3 Å². The quantitative estimate of drug-likeness (QED) is 0.778. The number of hydrogen-bond donors (Lipinski definition) is 2. The number of aliphatic hydroxyl groups excluding tert-OH is 1. The minimum Gasteiger partial charge on any atom is -0.391 e. The first-order chi connectivity index (χ1) is 7.84. The van der Waals surface area contributed by atoms with Crippen molar-refractivity contribution in [1.82, 2.24) is 5.32 Å². The Hall–Kier alpha value is -0.900. The van der Waals surface area contributed by atoms with E-state index < -0.39 is 0 Å². The van der Waals surface area contributed by atoms with Gasteiger partial charge in [-0.05, 0) is 18.4 Å². The van der Waals surface area contributed by atoms with Gasteiger partial charge in [0.1, 0.15) is 0 Å². The molecule has 2 rings (SSSR count). The van der Waals surface area contributed by atoms with E-state index in [-0.39, 0.29) is 6.10 Å². The fourth-order valence-electron chi connectivity index (χ4n) is 1.96. The van der Waals surface area contributed by atoms with E-state index in [0.717, 1.165) is 19.6 Å². The summed E-state index contributed by atoms with van der Waals surface area (Å²) in [7, 11) is 0. The Labute approximate surface area is 96.4 Å². The number of aliphatic hydroxyl groups is 1. The van der Waals surface area contributed by atoms with Crippen molar-refractivity contribution >= 4 is 0 Å². The summed E-state index contributed by atoms with van der Waals surface area (Å²) in [6.07, 6.45) is 1.45. The molecular formula is C13H19NO2. The molecule has 1 fully saturated rings. The molecule has 1 aromatic carbocycles. The highest BCUT2D eigenvalue weighted by Crippen LogP contribution is 2.05. The average Bonchev–Trinajstić information content (AvgIpc) is 2.81. The Morgan fingerprint density at radius 1 is 1.38 bits per heavy atom. The van der Waals surface area contributed by atoms with Crippen LogP contribution in [-0.4, -0.2) is 37.0 Å². The van der Waals surface area contributed by atoms with Crippen LogP contribution in [0.5, 0.6) is 0 Å². The summed E-state index contributed by atoms with van der Waals surface area (Å²) >= 11 is 0. The molecule has 0 radical (unpaired) electrons. The van der Waals surface area contributed by atoms with Gasteiger partial charge in [0.2, 0.25) is 0 Å². The minimum absolute atomic E-state index is 0.317. The molecule has 2 N–H and O–H groups in total. The average molecular weight is 221 g/mol. The van der Waals surface area contributed by atoms with Crippen molar-refractivity contribution in [3.05, 3.63) is 35.9 Å². The maximum Gasteiger partial charge on any atom is 0.0704 e. The Bertz CT molecular complexity index is 296. The van der Waals surface area contributed by atoms with Gasteiger partial charge in [-0.15, -0.1) is 0 Å². The van der Waals surface area contributed by atoms with Gasteiger partial charge in [0, 0.05) is 19.2 Å². The first-order valence-corrected chi connectivity index (χ1v) is 5.88. The van der Waals surface area contributed by atoms with Gasteiger partial charge in [-0.25, -0.2) is 0 Å². The van der Waals surface area contributed by atoms with E-state index in [4.69, 9.17) is 4.74 Å². The largest absolute Gasteiger partial charge is 0.391 e. The maximum atomic E-state index is 9.86. The van der Waals surface area contributed by atoms with E-state index in [1.165, 1.54) is 5.56 Å². The Kier molecular flexibility index (Phi) is 4.34. The van der Waals surface area contributed by atoms with Crippen molar-refractivity contribution in [2.75, 3.05) is 19.8 Å².